The highest BCUT2D eigenvalue weighted by Gasteiger charge is 2.24. The number of hydrogen-bond acceptors (Lipinski definition) is 6. The van der Waals surface area contributed by atoms with Gasteiger partial charge in [-0.05, 0) is 12.8 Å². The molecular weight excluding hydrogens is 972 g/mol. The van der Waals surface area contributed by atoms with Gasteiger partial charge in [-0.15, -0.1) is 0 Å². The number of rotatable bonds is 66. The van der Waals surface area contributed by atoms with Gasteiger partial charge in [0.25, 0.3) is 7.82 Å². The summed E-state index contributed by atoms with van der Waals surface area (Å²) in [4.78, 5) is 25.7. The van der Waals surface area contributed by atoms with E-state index in [4.69, 9.17) is 9.05 Å². The van der Waals surface area contributed by atoms with Crippen LogP contribution in [0.25, 0.3) is 0 Å². The maximum absolute atomic E-state index is 13.1. The van der Waals surface area contributed by atoms with Gasteiger partial charge >= 0.3 is 0 Å². The molecule has 3 unspecified atom stereocenters. The molecule has 9 heteroatoms. The van der Waals surface area contributed by atoms with Crippen LogP contribution in [0.15, 0.2) is 0 Å². The molecule has 0 rings (SSSR count). The number of carbonyl (C=O) groups excluding carboxylic acids is 1. The lowest BCUT2D eigenvalue weighted by molar-refractivity contribution is -0.870. The lowest BCUT2D eigenvalue weighted by atomic mass is 10.0. The molecule has 0 aliphatic heterocycles. The normalized spacial score (nSPS) is 13.6. The van der Waals surface area contributed by atoms with E-state index in [-0.39, 0.29) is 19.1 Å². The van der Waals surface area contributed by atoms with Crippen LogP contribution in [0.4, 0.5) is 0 Å². The summed E-state index contributed by atoms with van der Waals surface area (Å²) < 4.78 is 23.5. The van der Waals surface area contributed by atoms with Gasteiger partial charge < -0.3 is 28.8 Å². The number of phosphoric acid groups is 1. The van der Waals surface area contributed by atoms with Crippen molar-refractivity contribution in [2.45, 2.75) is 392 Å². The lowest BCUT2D eigenvalue weighted by Gasteiger charge is -2.30. The second kappa shape index (κ2) is 60.1. The molecule has 0 saturated heterocycles. The van der Waals surface area contributed by atoms with Gasteiger partial charge in [0.15, 0.2) is 0 Å². The smallest absolute Gasteiger partial charge is 0.268 e. The van der Waals surface area contributed by atoms with Crippen LogP contribution in [0.3, 0.4) is 0 Å². The average Bonchev–Trinajstić information content (AvgIpc) is 3.39. The van der Waals surface area contributed by atoms with Crippen molar-refractivity contribution < 1.29 is 32.9 Å². The van der Waals surface area contributed by atoms with Crippen LogP contribution < -0.4 is 10.2 Å². The van der Waals surface area contributed by atoms with Crippen molar-refractivity contribution in [3.05, 3.63) is 0 Å². The maximum atomic E-state index is 13.1. The number of unbranched alkanes of at least 4 members (excludes halogenated alkanes) is 53. The first kappa shape index (κ1) is 76.5. The summed E-state index contributed by atoms with van der Waals surface area (Å²) in [6.45, 7) is 4.80. The SMILES string of the molecule is CCCCCCCCCCCCCCCCCCCCCCCCCCCCCCCC(=O)NC(COP(=O)([O-])OCC[N+](C)(C)C)C(O)CCCCCCCCCCCCCCCCCCCCCCCCCCCC. The fraction of sp³-hybridized carbons (Fsp3) is 0.985. The van der Waals surface area contributed by atoms with Gasteiger partial charge in [0, 0.05) is 6.42 Å². The molecular formula is C68H139N2O6P. The van der Waals surface area contributed by atoms with E-state index in [1.165, 1.54) is 315 Å². The van der Waals surface area contributed by atoms with E-state index in [1.807, 2.05) is 21.1 Å². The predicted molar refractivity (Wildman–Crippen MR) is 335 cm³/mol. The maximum Gasteiger partial charge on any atom is 0.268 e. The molecule has 0 spiro atoms. The zero-order valence-electron chi connectivity index (χ0n) is 53.0. The van der Waals surface area contributed by atoms with Gasteiger partial charge in [-0.1, -0.05) is 361 Å². The molecule has 1 amide bonds. The van der Waals surface area contributed by atoms with Crippen molar-refractivity contribution in [2.24, 2.45) is 0 Å². The Balaban J connectivity index is 3.99. The molecule has 0 heterocycles. The minimum absolute atomic E-state index is 0.0170. The van der Waals surface area contributed by atoms with Gasteiger partial charge in [0.1, 0.15) is 13.2 Å². The van der Waals surface area contributed by atoms with Gasteiger partial charge in [0.2, 0.25) is 5.91 Å². The highest BCUT2D eigenvalue weighted by atomic mass is 31.2. The largest absolute Gasteiger partial charge is 0.756 e. The van der Waals surface area contributed by atoms with Crippen LogP contribution in [-0.4, -0.2) is 68.5 Å². The fourth-order valence-electron chi connectivity index (χ4n) is 11.2. The van der Waals surface area contributed by atoms with E-state index in [0.29, 0.717) is 23.9 Å². The number of aliphatic hydroxyl groups is 1. The van der Waals surface area contributed by atoms with Crippen LogP contribution in [0.1, 0.15) is 380 Å². The van der Waals surface area contributed by atoms with Crippen molar-refractivity contribution in [3.63, 3.8) is 0 Å². The van der Waals surface area contributed by atoms with Crippen LogP contribution in [0.2, 0.25) is 0 Å². The number of likely N-dealkylation sites (N-methyl/N-ethyl adjacent to an activating group) is 1. The Kier molecular flexibility index (Phi) is 59.7. The summed E-state index contributed by atoms with van der Waals surface area (Å²) in [5.74, 6) is -0.153. The molecule has 77 heavy (non-hydrogen) atoms. The summed E-state index contributed by atoms with van der Waals surface area (Å²) in [6, 6.07) is -0.797. The van der Waals surface area contributed by atoms with Crippen LogP contribution in [0.5, 0.6) is 0 Å². The molecule has 0 saturated carbocycles. The highest BCUT2D eigenvalue weighted by molar-refractivity contribution is 7.45. The number of amides is 1. The molecule has 2 N–H and O–H groups in total. The molecule has 0 aliphatic rings. The number of hydrogen-bond donors (Lipinski definition) is 2. The summed E-state index contributed by atoms with van der Waals surface area (Å²) >= 11 is 0. The summed E-state index contributed by atoms with van der Waals surface area (Å²) in [7, 11) is 1.33. The van der Waals surface area contributed by atoms with Gasteiger partial charge in [-0.25, -0.2) is 0 Å². The van der Waals surface area contributed by atoms with E-state index < -0.39 is 20.0 Å². The topological polar surface area (TPSA) is 108 Å². The third-order valence-electron chi connectivity index (χ3n) is 16.6. The van der Waals surface area contributed by atoms with Crippen LogP contribution in [0, 0.1) is 0 Å². The monoisotopic (exact) mass is 1110 g/mol. The first-order valence-corrected chi connectivity index (χ1v) is 36.3. The average molecular weight is 1110 g/mol. The van der Waals surface area contributed by atoms with E-state index >= 15 is 0 Å². The van der Waals surface area contributed by atoms with E-state index in [9.17, 15) is 19.4 Å². The van der Waals surface area contributed by atoms with Crippen molar-refractivity contribution in [2.75, 3.05) is 40.9 Å². The van der Waals surface area contributed by atoms with Gasteiger partial charge in [0.05, 0.1) is 39.9 Å². The Morgan fingerprint density at radius 3 is 0.883 bits per heavy atom. The number of phosphoric ester groups is 1. The number of quaternary nitrogens is 1. The molecule has 8 nitrogen and oxygen atoms in total. The summed E-state index contributed by atoms with van der Waals surface area (Å²) in [5.41, 5.74) is 0. The minimum Gasteiger partial charge on any atom is -0.756 e. The van der Waals surface area contributed by atoms with Crippen LogP contribution >= 0.6 is 7.82 Å². The van der Waals surface area contributed by atoms with E-state index in [0.717, 1.165) is 38.5 Å². The van der Waals surface area contributed by atoms with Crippen molar-refractivity contribution in [1.82, 2.24) is 5.32 Å². The predicted octanol–water partition coefficient (Wildman–Crippen LogP) is 21.3. The Morgan fingerprint density at radius 2 is 0.636 bits per heavy atom. The molecule has 0 aliphatic carbocycles. The van der Waals surface area contributed by atoms with Crippen molar-refractivity contribution in [3.8, 4) is 0 Å². The zero-order valence-corrected chi connectivity index (χ0v) is 53.9. The molecule has 0 aromatic carbocycles. The number of carbonyl (C=O) groups is 1. The first-order chi connectivity index (χ1) is 37.5. The lowest BCUT2D eigenvalue weighted by Crippen LogP contribution is -2.46. The quantitative estimate of drug-likeness (QED) is 0.0357. The molecule has 0 aromatic heterocycles. The molecule has 0 bridgehead atoms. The van der Waals surface area contributed by atoms with Crippen molar-refractivity contribution in [1.29, 1.82) is 0 Å². The molecule has 0 aromatic rings. The van der Waals surface area contributed by atoms with Gasteiger partial charge in [-0.2, -0.15) is 0 Å². The minimum atomic E-state index is -4.57. The Morgan fingerprint density at radius 1 is 0.403 bits per heavy atom. The van der Waals surface area contributed by atoms with Gasteiger partial charge in [-0.3, -0.25) is 9.36 Å². The third kappa shape index (κ3) is 62.9. The van der Waals surface area contributed by atoms with E-state index in [2.05, 4.69) is 19.2 Å². The number of nitrogens with one attached hydrogen (secondary N) is 1. The number of aliphatic hydroxyl groups excluding tert-OH is 1. The first-order valence-electron chi connectivity index (χ1n) is 34.9. The second-order valence-electron chi connectivity index (χ2n) is 25.6. The Bertz CT molecular complexity index is 1220. The zero-order chi connectivity index (χ0) is 56.3. The molecule has 462 valence electrons. The summed E-state index contributed by atoms with van der Waals surface area (Å²) in [6.07, 6.45) is 74.7. The summed E-state index contributed by atoms with van der Waals surface area (Å²) in [5, 5.41) is 14.1. The van der Waals surface area contributed by atoms with Crippen molar-refractivity contribution >= 4 is 13.7 Å². The highest BCUT2D eigenvalue weighted by Crippen LogP contribution is 2.38. The third-order valence-corrected chi connectivity index (χ3v) is 17.6. The Labute approximate surface area is 482 Å². The molecule has 3 atom stereocenters. The van der Waals surface area contributed by atoms with Crippen LogP contribution in [-0.2, 0) is 18.4 Å². The molecule has 0 fully saturated rings. The molecule has 0 radical (unpaired) electrons. The van der Waals surface area contributed by atoms with E-state index in [1.54, 1.807) is 0 Å². The Hall–Kier alpha value is -0.500. The standard InChI is InChI=1S/C68H139N2O6P/c1-6-8-10-12-14-16-18-20-22-24-26-28-30-32-34-35-36-38-40-42-44-46-48-50-52-54-56-58-60-62-68(72)69-66(65-76-77(73,74)75-64-63-70(3,4)5)67(71)61-59-57-55-53-51-49-47-45-43-41-39-37-33-31-29-27-25-23-21-19-17-15-13-11-9-7-2/h66-67,71H,6-65H2,1-5H3,(H-,69,72,73,74). The second-order valence-corrected chi connectivity index (χ2v) is 27.0. The number of nitrogens with zero attached hydrogens (tertiary/aromatic N) is 1. The fourth-order valence-corrected chi connectivity index (χ4v) is 11.9.